The molecule has 0 unspecified atom stereocenters. The van der Waals surface area contributed by atoms with Gasteiger partial charge in [-0.1, -0.05) is 0 Å². The summed E-state index contributed by atoms with van der Waals surface area (Å²) in [5.74, 6) is -15.9. The van der Waals surface area contributed by atoms with Crippen LogP contribution in [0.25, 0.3) is 0 Å². The molecule has 0 aliphatic carbocycles. The van der Waals surface area contributed by atoms with E-state index in [9.17, 15) is 131 Å². The van der Waals surface area contributed by atoms with Crippen molar-refractivity contribution in [3.8, 4) is 0 Å². The topological polar surface area (TPSA) is 647 Å². The Bertz CT molecular complexity index is 4490. The molecule has 0 bridgehead atoms. The fourth-order valence-corrected chi connectivity index (χ4v) is 21.1. The molecule has 0 saturated carbocycles. The second kappa shape index (κ2) is 43.3. The second-order valence-corrected chi connectivity index (χ2v) is 36.5. The number of nitrogens with zero attached hydrogens (tertiary/aromatic N) is 12. The van der Waals surface area contributed by atoms with E-state index < -0.39 is 285 Å². The Hall–Kier alpha value is -11.1. The molecule has 49 nitrogen and oxygen atoms in total. The predicted molar refractivity (Wildman–Crippen MR) is 451 cm³/mol. The minimum Gasteiger partial charge on any atom is -0.480 e. The predicted octanol–water partition coefficient (Wildman–Crippen LogP) is -13.2. The summed E-state index contributed by atoms with van der Waals surface area (Å²) in [6.07, 6.45) is -3.62. The number of aliphatic carboxylic acids is 1. The molecule has 20 amide bonds. The zero-order valence-electron chi connectivity index (χ0n) is 73.1. The molecule has 0 aromatic rings. The van der Waals surface area contributed by atoms with Gasteiger partial charge in [0.1, 0.15) is 85.1 Å². The molecular weight excluding hydrogens is 1760 g/mol. The van der Waals surface area contributed by atoms with E-state index in [0.29, 0.717) is 51.5 Å². The Kier molecular flexibility index (Phi) is 32.3. The smallest absolute Gasteiger partial charge is 0.322 e. The number of carbonyl (C=O) groups is 21. The molecule has 0 radical (unpaired) electrons. The molecule has 13 fully saturated rings. The van der Waals surface area contributed by atoms with Crippen molar-refractivity contribution in [3.05, 3.63) is 0 Å². The van der Waals surface area contributed by atoms with Crippen molar-refractivity contribution < 1.29 is 136 Å². The van der Waals surface area contributed by atoms with E-state index in [1.165, 1.54) is 34.3 Å². The van der Waals surface area contributed by atoms with Gasteiger partial charge in [0, 0.05) is 123 Å². The molecule has 0 aromatic carbocycles. The Morgan fingerprint density at radius 3 is 0.735 bits per heavy atom. The van der Waals surface area contributed by atoms with Gasteiger partial charge in [-0.05, 0) is 96.4 Å². The summed E-state index contributed by atoms with van der Waals surface area (Å²) < 4.78 is 0. The van der Waals surface area contributed by atoms with Crippen LogP contribution in [0, 0.1) is 0 Å². The lowest BCUT2D eigenvalue weighted by atomic mass is 10.1. The van der Waals surface area contributed by atoms with Gasteiger partial charge in [-0.25, -0.2) is 0 Å². The largest absolute Gasteiger partial charge is 0.480 e. The first kappa shape index (κ1) is 98.4. The summed E-state index contributed by atoms with van der Waals surface area (Å²) in [7, 11) is 0. The van der Waals surface area contributed by atoms with Gasteiger partial charge in [-0.3, -0.25) is 101 Å². The van der Waals surface area contributed by atoms with E-state index in [4.69, 9.17) is 5.11 Å². The molecule has 16 N–H and O–H groups in total. The fourth-order valence-electron chi connectivity index (χ4n) is 20.9. The van der Waals surface area contributed by atoms with Crippen molar-refractivity contribution >= 4 is 137 Å². The first-order valence-electron chi connectivity index (χ1n) is 45.5. The minimum absolute atomic E-state index is 0.0240. The molecular formula is C82H119N21O28S. The number of aliphatic hydroxyl groups is 6. The number of rotatable bonds is 30. The number of carbonyl (C=O) groups excluding carboxylic acids is 20. The third-order valence-electron chi connectivity index (χ3n) is 27.4. The molecule has 0 aromatic heterocycles. The first-order chi connectivity index (χ1) is 63.0. The van der Waals surface area contributed by atoms with Crippen LogP contribution in [0.4, 0.5) is 0 Å². The Morgan fingerprint density at radius 1 is 0.273 bits per heavy atom. The average Bonchev–Trinajstić information content (AvgIpc) is 1.66. The van der Waals surface area contributed by atoms with Crippen LogP contribution in [-0.2, 0) is 101 Å². The van der Waals surface area contributed by atoms with Crippen molar-refractivity contribution in [1.29, 1.82) is 0 Å². The first-order valence-corrected chi connectivity index (χ1v) is 46.1. The van der Waals surface area contributed by atoms with Gasteiger partial charge in [0.15, 0.2) is 0 Å². The standard InChI is InChI=1S/C82H119N21O28S/c104-42-22-56(98(35-42)77(126)48-8-1-15-83-48)70(119)86-30-64(112)94-18-4-11-52(94)79(128)99-36-43(105)23-57(99)71(120)85-29-62(110)92-16-2-9-50(92)76(125)91-49(41-132)69(118)84-28-63(111)93-17-3-10-51(93)78(127)100-37-44(106)24-58(100)72(121)87-31-65(113)95-19-5-12-53(95)80(129)101-38-45(107)25-59(101)73(122)88-32-66(114)96-20-6-13-54(96)81(130)102-39-46(108)26-60(102)74(123)89-33-67(115)97-21-7-14-55(97)82(131)103-40-47(109)27-61(103)75(124)90-34-68(116)117/h42-61,83,104-109,132H,1-41H2,(H,84,118)(H,85,120)(H,86,119)(H,87,121)(H,88,122)(H,89,123)(H,90,124)(H,91,125)(H,116,117)/t42-,43-,44-,45-,46-,47-,48+,49+,50+,51+,52+,53+,54+,55+,56+,57+,58+,59+,60+,61+/m1/s1. The summed E-state index contributed by atoms with van der Waals surface area (Å²) in [5, 5.41) is 96.1. The lowest BCUT2D eigenvalue weighted by Crippen LogP contribution is -2.57. The Balaban J connectivity index is 0.527. The number of hydrogen-bond acceptors (Lipinski definition) is 29. The van der Waals surface area contributed by atoms with E-state index in [0.717, 1.165) is 30.9 Å². The van der Waals surface area contributed by atoms with Crippen molar-refractivity contribution in [2.75, 3.05) is 137 Å². The summed E-state index contributed by atoms with van der Waals surface area (Å²) in [4.78, 5) is 302. The third kappa shape index (κ3) is 22.2. The van der Waals surface area contributed by atoms with Gasteiger partial charge in [0.2, 0.25) is 118 Å². The highest BCUT2D eigenvalue weighted by Gasteiger charge is 2.53. The van der Waals surface area contributed by atoms with Crippen molar-refractivity contribution in [1.82, 2.24) is 107 Å². The molecule has 0 spiro atoms. The Labute approximate surface area is 762 Å². The van der Waals surface area contributed by atoms with Gasteiger partial charge in [-0.15, -0.1) is 0 Å². The van der Waals surface area contributed by atoms with Crippen molar-refractivity contribution in [2.45, 2.75) is 250 Å². The van der Waals surface area contributed by atoms with Gasteiger partial charge in [0.25, 0.3) is 0 Å². The molecule has 13 aliphatic heterocycles. The van der Waals surface area contributed by atoms with Crippen LogP contribution in [0.15, 0.2) is 0 Å². The van der Waals surface area contributed by atoms with Crippen molar-refractivity contribution in [2.24, 2.45) is 0 Å². The van der Waals surface area contributed by atoms with Crippen LogP contribution in [0.1, 0.15) is 128 Å². The summed E-state index contributed by atoms with van der Waals surface area (Å²) in [6, 6.07) is -16.1. The van der Waals surface area contributed by atoms with Crippen LogP contribution in [0.5, 0.6) is 0 Å². The van der Waals surface area contributed by atoms with Crippen LogP contribution in [0.2, 0.25) is 0 Å². The lowest BCUT2D eigenvalue weighted by molar-refractivity contribution is -0.148. The molecule has 13 heterocycles. The minimum atomic E-state index is -1.36. The monoisotopic (exact) mass is 1880 g/mol. The zero-order chi connectivity index (χ0) is 95.0. The highest BCUT2D eigenvalue weighted by atomic mass is 32.1. The van der Waals surface area contributed by atoms with Crippen LogP contribution < -0.4 is 47.9 Å². The summed E-state index contributed by atoms with van der Waals surface area (Å²) in [5.41, 5.74) is 0. The van der Waals surface area contributed by atoms with Gasteiger partial charge < -0.3 is 142 Å². The molecule has 13 saturated heterocycles. The second-order valence-electron chi connectivity index (χ2n) is 36.2. The molecule has 50 heteroatoms. The third-order valence-corrected chi connectivity index (χ3v) is 27.8. The lowest BCUT2D eigenvalue weighted by Gasteiger charge is -2.32. The van der Waals surface area contributed by atoms with Crippen molar-refractivity contribution in [3.63, 3.8) is 0 Å². The SMILES string of the molecule is O=C(O)CNC(=O)[C@@H]1C[C@@H](O)CN1C(=O)[C@@H]1CCCN1C(=O)CNC(=O)[C@@H]1C[C@@H](O)CN1C(=O)[C@@H]1CCCN1C(=O)CNC(=O)[C@@H]1C[C@@H](O)CN1C(=O)[C@@H]1CCCN1C(=O)CNC(=O)[C@@H]1C[C@@H](O)CN1C(=O)[C@@H]1CCCN1C(=O)CNC(=O)[C@H](CS)NC(=O)[C@@H]1CCCN1C(=O)CNC(=O)[C@@H]1C[C@@H](O)CN1C(=O)[C@@H]1CCCN1C(=O)CNC(=O)[C@@H]1C[C@@H](O)CN1C(=O)[C@@H]1CCCN1. The van der Waals surface area contributed by atoms with Crippen LogP contribution in [-0.4, -0.2) is 477 Å². The number of hydrogen-bond donors (Lipinski definition) is 17. The fraction of sp³-hybridized carbons (Fsp3) is 0.744. The summed E-state index contributed by atoms with van der Waals surface area (Å²) in [6.45, 7) is -5.03. The van der Waals surface area contributed by atoms with Crippen LogP contribution in [0.3, 0.4) is 0 Å². The highest BCUT2D eigenvalue weighted by molar-refractivity contribution is 7.80. The molecule has 20 atom stereocenters. The maximum atomic E-state index is 14.5. The molecule has 13 aliphatic rings. The average molecular weight is 1880 g/mol. The highest BCUT2D eigenvalue weighted by Crippen LogP contribution is 2.34. The van der Waals surface area contributed by atoms with E-state index in [1.54, 1.807) is 0 Å². The van der Waals surface area contributed by atoms with E-state index in [1.807, 2.05) is 0 Å². The van der Waals surface area contributed by atoms with Gasteiger partial charge in [0.05, 0.1) is 81.9 Å². The molecule has 13 rings (SSSR count). The number of nitrogens with one attached hydrogen (secondary N) is 9. The van der Waals surface area contributed by atoms with Gasteiger partial charge >= 0.3 is 5.97 Å². The number of carboxylic acids is 1. The quantitative estimate of drug-likeness (QED) is 0.0297. The van der Waals surface area contributed by atoms with E-state index in [-0.39, 0.29) is 167 Å². The number of likely N-dealkylation sites (tertiary alicyclic amines) is 12. The number of carboxylic acid groups (broad SMARTS) is 1. The molecule has 132 heavy (non-hydrogen) atoms. The number of β-amino-alcohol motifs (C(OH)–C–C–N with tert-alkyl or cyclic N) is 6. The van der Waals surface area contributed by atoms with Crippen LogP contribution >= 0.6 is 12.6 Å². The summed E-state index contributed by atoms with van der Waals surface area (Å²) >= 11 is 4.27. The van der Waals surface area contributed by atoms with E-state index >= 15 is 0 Å². The number of amides is 20. The van der Waals surface area contributed by atoms with E-state index in [2.05, 4.69) is 60.5 Å². The molecule has 726 valence electrons. The normalized spacial score (nSPS) is 30.0. The zero-order valence-corrected chi connectivity index (χ0v) is 74.0. The maximum absolute atomic E-state index is 14.5. The maximum Gasteiger partial charge on any atom is 0.322 e. The number of aliphatic hydroxyl groups excluding tert-OH is 6. The Morgan fingerprint density at radius 2 is 0.500 bits per heavy atom. The van der Waals surface area contributed by atoms with Gasteiger partial charge in [-0.2, -0.15) is 12.6 Å². The number of thiol groups is 1.